The van der Waals surface area contributed by atoms with Crippen LogP contribution in [-0.4, -0.2) is 72.1 Å². The molecule has 236 valence electrons. The van der Waals surface area contributed by atoms with Crippen LogP contribution in [0.3, 0.4) is 0 Å². The second kappa shape index (κ2) is 12.9. The number of amides is 1. The highest BCUT2D eigenvalue weighted by Gasteiger charge is 2.47. The average Bonchev–Trinajstić information content (AvgIpc) is 3.53. The first-order valence-electron chi connectivity index (χ1n) is 15.3. The molecule has 2 aromatic heterocycles. The highest BCUT2D eigenvalue weighted by Crippen LogP contribution is 2.45. The monoisotopic (exact) mass is 622 g/mol. The summed E-state index contributed by atoms with van der Waals surface area (Å²) >= 11 is 1.90. The lowest BCUT2D eigenvalue weighted by Gasteiger charge is -2.17. The second-order valence-electron chi connectivity index (χ2n) is 12.2. The van der Waals surface area contributed by atoms with E-state index in [0.717, 1.165) is 67.0 Å². The topological polar surface area (TPSA) is 168 Å². The van der Waals surface area contributed by atoms with E-state index in [1.54, 1.807) is 0 Å². The molecule has 5 atom stereocenters. The Morgan fingerprint density at radius 2 is 1.68 bits per heavy atom. The number of aromatic amines is 2. The lowest BCUT2D eigenvalue weighted by Crippen LogP contribution is -2.35. The van der Waals surface area contributed by atoms with Gasteiger partial charge in [-0.15, -0.1) is 0 Å². The Morgan fingerprint density at radius 3 is 2.27 bits per heavy atom. The highest BCUT2D eigenvalue weighted by molar-refractivity contribution is 8.06. The van der Waals surface area contributed by atoms with E-state index in [-0.39, 0.29) is 36.6 Å². The summed E-state index contributed by atoms with van der Waals surface area (Å²) in [6, 6.07) is -0.0519. The number of nitrogens with zero attached hydrogens (tertiary/aromatic N) is 1. The van der Waals surface area contributed by atoms with Crippen LogP contribution in [0, 0.1) is 18.8 Å². The molecular weight excluding hydrogens is 580 g/mol. The van der Waals surface area contributed by atoms with Crippen LogP contribution in [0.25, 0.3) is 12.7 Å². The van der Waals surface area contributed by atoms with Crippen molar-refractivity contribution >= 4 is 48.0 Å². The van der Waals surface area contributed by atoms with Gasteiger partial charge in [-0.1, -0.05) is 20.4 Å². The molecule has 2 aromatic rings. The van der Waals surface area contributed by atoms with E-state index in [4.69, 9.17) is 0 Å². The molecule has 10 nitrogen and oxygen atoms in total. The molecule has 0 radical (unpaired) electrons. The van der Waals surface area contributed by atoms with Gasteiger partial charge in [-0.2, -0.15) is 11.8 Å². The molecule has 1 amide bonds. The number of hydrogen-bond acceptors (Lipinski definition) is 6. The van der Waals surface area contributed by atoms with Crippen LogP contribution < -0.4 is 15.9 Å². The number of H-pyrrole nitrogens is 2. The summed E-state index contributed by atoms with van der Waals surface area (Å²) in [5.41, 5.74) is 7.56. The van der Waals surface area contributed by atoms with Crippen molar-refractivity contribution in [3.05, 3.63) is 55.5 Å². The van der Waals surface area contributed by atoms with Gasteiger partial charge in [0.2, 0.25) is 0 Å². The Kier molecular flexibility index (Phi) is 9.38. The van der Waals surface area contributed by atoms with E-state index < -0.39 is 18.2 Å². The van der Waals surface area contributed by atoms with Crippen LogP contribution in [0.2, 0.25) is 0 Å². The summed E-state index contributed by atoms with van der Waals surface area (Å²) in [5, 5.41) is 34.9. The number of carboxylic acids is 2. The second-order valence-corrected chi connectivity index (χ2v) is 13.5. The number of carbonyl (C=O) groups is 3. The van der Waals surface area contributed by atoms with Gasteiger partial charge < -0.3 is 25.3 Å². The average molecular weight is 623 g/mol. The summed E-state index contributed by atoms with van der Waals surface area (Å²) in [6.45, 7) is 12.2. The molecule has 5 heterocycles. The number of rotatable bonds is 13. The van der Waals surface area contributed by atoms with Crippen molar-refractivity contribution in [2.24, 2.45) is 16.8 Å². The fourth-order valence-corrected chi connectivity index (χ4v) is 7.84. The number of aliphatic hydroxyl groups is 1. The maximum atomic E-state index is 12.4. The van der Waals surface area contributed by atoms with Crippen molar-refractivity contribution in [2.45, 2.75) is 90.2 Å². The molecular formula is C33H42N4O6S. The number of carboxylic acid groups (broad SMARTS) is 2. The van der Waals surface area contributed by atoms with E-state index in [9.17, 15) is 29.7 Å². The predicted molar refractivity (Wildman–Crippen MR) is 171 cm³/mol. The minimum atomic E-state index is -0.899. The molecule has 0 saturated carbocycles. The summed E-state index contributed by atoms with van der Waals surface area (Å²) in [6.07, 6.45) is 3.48. The van der Waals surface area contributed by atoms with Crippen molar-refractivity contribution < 1.29 is 29.7 Å². The SMILES string of the molecule is C=c1c(CCC(=O)O)c(Cc2[nH]c(CC3=NC(=O)C(CC)=C3C)c(C)c2CCC(=O)O)[nH]/c1=C/C1NC(O)[C@H](C)[C@H]1[C@H]1CS1. The fourth-order valence-electron chi connectivity index (χ4n) is 6.87. The Labute approximate surface area is 260 Å². The number of aliphatic imine (C=N–C) groups is 1. The zero-order valence-corrected chi connectivity index (χ0v) is 26.6. The summed E-state index contributed by atoms with van der Waals surface area (Å²) in [4.78, 5) is 46.9. The molecule has 5 rings (SSSR count). The van der Waals surface area contributed by atoms with Gasteiger partial charge in [-0.3, -0.25) is 19.7 Å². The number of allylic oxidation sites excluding steroid dienone is 1. The number of aliphatic hydroxyl groups excluding tert-OH is 1. The van der Waals surface area contributed by atoms with Crippen molar-refractivity contribution in [3.8, 4) is 0 Å². The van der Waals surface area contributed by atoms with Gasteiger partial charge in [0.25, 0.3) is 5.91 Å². The van der Waals surface area contributed by atoms with Crippen LogP contribution in [0.15, 0.2) is 16.1 Å². The lowest BCUT2D eigenvalue weighted by atomic mass is 9.88. The normalized spacial score (nSPS) is 25.3. The summed E-state index contributed by atoms with van der Waals surface area (Å²) < 4.78 is 0. The Morgan fingerprint density at radius 1 is 1.05 bits per heavy atom. The lowest BCUT2D eigenvalue weighted by molar-refractivity contribution is -0.138. The number of aliphatic carboxylic acids is 2. The minimum absolute atomic E-state index is 0.0336. The molecule has 0 aliphatic carbocycles. The number of thioether (sulfide) groups is 1. The van der Waals surface area contributed by atoms with Crippen molar-refractivity contribution in [1.82, 2.24) is 15.3 Å². The van der Waals surface area contributed by atoms with Crippen molar-refractivity contribution in [1.29, 1.82) is 0 Å². The fraction of sp³-hybridized carbons (Fsp3) is 0.515. The number of aromatic nitrogens is 2. The third-order valence-electron chi connectivity index (χ3n) is 9.54. The van der Waals surface area contributed by atoms with Gasteiger partial charge in [-0.25, -0.2) is 4.99 Å². The molecule has 2 unspecified atom stereocenters. The smallest absolute Gasteiger partial charge is 0.303 e. The maximum absolute atomic E-state index is 12.4. The largest absolute Gasteiger partial charge is 0.481 e. The standard InChI is InChI=1S/C33H42N4O6S/c1-6-19-15(2)24(36-33(19)43)11-22-16(3)20(7-9-29(38)39)25(34-22)13-26-21(8-10-30(40)41)17(4)23(35-26)12-27-31(28-14-44-28)18(5)32(42)37-27/h12,18,27-28,31-32,34-35,37,42H,4,6-11,13-14H2,1-3,5H3,(H,38,39)(H,40,41)/b23-12+/t18-,27?,28-,31-,32?/m1/s1. The Balaban J connectivity index is 1.53. The molecule has 6 N–H and O–H groups in total. The highest BCUT2D eigenvalue weighted by atomic mass is 32.2. The molecule has 44 heavy (non-hydrogen) atoms. The van der Waals surface area contributed by atoms with E-state index in [1.807, 2.05) is 32.5 Å². The Bertz CT molecular complexity index is 1660. The molecule has 11 heteroatoms. The molecule has 3 aliphatic heterocycles. The van der Waals surface area contributed by atoms with E-state index >= 15 is 0 Å². The van der Waals surface area contributed by atoms with Gasteiger partial charge >= 0.3 is 11.9 Å². The van der Waals surface area contributed by atoms with Crippen LogP contribution in [0.1, 0.15) is 73.8 Å². The van der Waals surface area contributed by atoms with Crippen LogP contribution >= 0.6 is 11.8 Å². The number of carbonyl (C=O) groups excluding carboxylic acids is 1. The third kappa shape index (κ3) is 6.50. The predicted octanol–water partition coefficient (Wildman–Crippen LogP) is 2.38. The van der Waals surface area contributed by atoms with Crippen molar-refractivity contribution in [3.63, 3.8) is 0 Å². The van der Waals surface area contributed by atoms with Crippen LogP contribution in [0.4, 0.5) is 0 Å². The minimum Gasteiger partial charge on any atom is -0.481 e. The first-order chi connectivity index (χ1) is 20.9. The molecule has 3 aliphatic rings. The van der Waals surface area contributed by atoms with E-state index in [0.29, 0.717) is 37.4 Å². The number of nitrogens with one attached hydrogen (secondary N) is 3. The van der Waals surface area contributed by atoms with Crippen molar-refractivity contribution in [2.75, 3.05) is 5.75 Å². The summed E-state index contributed by atoms with van der Waals surface area (Å²) in [5.74, 6) is -0.529. The van der Waals surface area contributed by atoms with Crippen LogP contribution in [0.5, 0.6) is 0 Å². The number of hydrogen-bond donors (Lipinski definition) is 6. The molecule has 2 fully saturated rings. The van der Waals surface area contributed by atoms with Crippen LogP contribution in [-0.2, 0) is 40.1 Å². The Hall–Kier alpha value is -3.41. The zero-order valence-electron chi connectivity index (χ0n) is 25.7. The first-order valence-corrected chi connectivity index (χ1v) is 16.3. The zero-order chi connectivity index (χ0) is 31.9. The first kappa shape index (κ1) is 32.0. The maximum Gasteiger partial charge on any atom is 0.303 e. The summed E-state index contributed by atoms with van der Waals surface area (Å²) in [7, 11) is 0. The van der Waals surface area contributed by atoms with Gasteiger partial charge in [0.1, 0.15) is 6.23 Å². The molecule has 0 bridgehead atoms. The van der Waals surface area contributed by atoms with E-state index in [1.165, 1.54) is 0 Å². The van der Waals surface area contributed by atoms with Gasteiger partial charge in [0.05, 0.1) is 5.71 Å². The van der Waals surface area contributed by atoms with Gasteiger partial charge in [0, 0.05) is 76.6 Å². The van der Waals surface area contributed by atoms with E-state index in [2.05, 4.69) is 39.9 Å². The quantitative estimate of drug-likeness (QED) is 0.185. The van der Waals surface area contributed by atoms with Gasteiger partial charge in [-0.05, 0) is 72.6 Å². The molecule has 0 spiro atoms. The third-order valence-corrected chi connectivity index (χ3v) is 10.6. The molecule has 0 aromatic carbocycles. The molecule has 2 saturated heterocycles. The van der Waals surface area contributed by atoms with Gasteiger partial charge in [0.15, 0.2) is 0 Å².